The number of allylic oxidation sites excluding steroid dienone is 2. The summed E-state index contributed by atoms with van der Waals surface area (Å²) in [5, 5.41) is 0. The lowest BCUT2D eigenvalue weighted by molar-refractivity contribution is -0.145. The summed E-state index contributed by atoms with van der Waals surface area (Å²) in [6.45, 7) is 2.21. The lowest BCUT2D eigenvalue weighted by atomic mass is 9.78. The molecule has 2 fully saturated rings. The Morgan fingerprint density at radius 2 is 2.00 bits per heavy atom. The van der Waals surface area contributed by atoms with Gasteiger partial charge in [-0.15, -0.1) is 0 Å². The van der Waals surface area contributed by atoms with Gasteiger partial charge in [0.15, 0.2) is 0 Å². The molecular weight excluding hydrogens is 340 g/mol. The Morgan fingerprint density at radius 3 is 2.70 bits per heavy atom. The zero-order valence-corrected chi connectivity index (χ0v) is 15.8. The Morgan fingerprint density at radius 1 is 1.19 bits per heavy atom. The molecule has 6 nitrogen and oxygen atoms in total. The van der Waals surface area contributed by atoms with Crippen LogP contribution < -0.4 is 0 Å². The number of fused-ring (bicyclic) bond motifs is 2. The molecule has 1 N–H and O–H groups in total. The molecule has 1 unspecified atom stereocenters. The fourth-order valence-corrected chi connectivity index (χ4v) is 5.20. The van der Waals surface area contributed by atoms with Gasteiger partial charge >= 0.3 is 0 Å². The molecule has 6 heteroatoms. The van der Waals surface area contributed by atoms with Crippen molar-refractivity contribution in [3.05, 3.63) is 29.9 Å². The maximum atomic E-state index is 13.0. The minimum absolute atomic E-state index is 0.219. The number of aromatic amines is 1. The third-order valence-electron chi connectivity index (χ3n) is 6.95. The monoisotopic (exact) mass is 368 g/mol. The van der Waals surface area contributed by atoms with Crippen LogP contribution in [0.5, 0.6) is 0 Å². The Balaban J connectivity index is 1.34. The lowest BCUT2D eigenvalue weighted by Gasteiger charge is -2.50. The van der Waals surface area contributed by atoms with Crippen LogP contribution in [-0.2, 0) is 21.5 Å². The van der Waals surface area contributed by atoms with E-state index in [1.165, 1.54) is 5.69 Å². The Bertz CT molecular complexity index is 771. The average molecular weight is 368 g/mol. The van der Waals surface area contributed by atoms with Crippen LogP contribution in [0.2, 0.25) is 0 Å². The maximum absolute atomic E-state index is 13.0. The van der Waals surface area contributed by atoms with Crippen molar-refractivity contribution in [1.29, 1.82) is 0 Å². The number of hydrogen-bond acceptors (Lipinski definition) is 3. The number of carbonyl (C=O) groups excluding carboxylic acids is 2. The number of nitrogens with one attached hydrogen (secondary N) is 1. The molecule has 1 spiro atoms. The van der Waals surface area contributed by atoms with E-state index in [2.05, 4.69) is 27.0 Å². The molecule has 4 aliphatic rings. The molecule has 0 aromatic carbocycles. The van der Waals surface area contributed by atoms with Gasteiger partial charge in [-0.05, 0) is 44.4 Å². The predicted molar refractivity (Wildman–Crippen MR) is 101 cm³/mol. The SMILES string of the molecule is O=C(CC1C=CCC1)N1CCC2(CC1)c1nc[nH]c1CCN2C(=O)C1CC1. The topological polar surface area (TPSA) is 69.3 Å². The molecular formula is C21H28N4O2. The Hall–Kier alpha value is -2.11. The van der Waals surface area contributed by atoms with Gasteiger partial charge < -0.3 is 14.8 Å². The van der Waals surface area contributed by atoms with Crippen molar-refractivity contribution in [2.24, 2.45) is 11.8 Å². The quantitative estimate of drug-likeness (QED) is 0.833. The van der Waals surface area contributed by atoms with E-state index in [9.17, 15) is 9.59 Å². The molecule has 1 saturated carbocycles. The van der Waals surface area contributed by atoms with Crippen LogP contribution in [0.15, 0.2) is 18.5 Å². The molecule has 1 aromatic rings. The molecule has 2 aliphatic heterocycles. The number of hydrogen-bond donors (Lipinski definition) is 1. The van der Waals surface area contributed by atoms with Crippen LogP contribution >= 0.6 is 0 Å². The summed E-state index contributed by atoms with van der Waals surface area (Å²) in [4.78, 5) is 37.8. The molecule has 1 saturated heterocycles. The minimum atomic E-state index is -0.322. The first kappa shape index (κ1) is 17.0. The van der Waals surface area contributed by atoms with Crippen molar-refractivity contribution in [3.8, 4) is 0 Å². The van der Waals surface area contributed by atoms with Gasteiger partial charge in [0.1, 0.15) is 0 Å². The summed E-state index contributed by atoms with van der Waals surface area (Å²) in [6, 6.07) is 0. The van der Waals surface area contributed by atoms with Crippen molar-refractivity contribution in [2.75, 3.05) is 19.6 Å². The molecule has 2 aliphatic carbocycles. The maximum Gasteiger partial charge on any atom is 0.226 e. The Labute approximate surface area is 160 Å². The number of nitrogens with zero attached hydrogens (tertiary/aromatic N) is 3. The minimum Gasteiger partial charge on any atom is -0.348 e. The second kappa shape index (κ2) is 6.50. The fourth-order valence-electron chi connectivity index (χ4n) is 5.20. The number of likely N-dealkylation sites (tertiary alicyclic amines) is 1. The van der Waals surface area contributed by atoms with Crippen LogP contribution in [0, 0.1) is 11.8 Å². The molecule has 0 radical (unpaired) electrons. The van der Waals surface area contributed by atoms with Gasteiger partial charge in [-0.3, -0.25) is 9.59 Å². The number of H-pyrrole nitrogens is 1. The van der Waals surface area contributed by atoms with Gasteiger partial charge in [-0.1, -0.05) is 12.2 Å². The summed E-state index contributed by atoms with van der Waals surface area (Å²) >= 11 is 0. The normalized spacial score (nSPS) is 26.4. The smallest absolute Gasteiger partial charge is 0.226 e. The van der Waals surface area contributed by atoms with E-state index in [-0.39, 0.29) is 17.4 Å². The zero-order chi connectivity index (χ0) is 18.4. The summed E-state index contributed by atoms with van der Waals surface area (Å²) in [5.74, 6) is 1.20. The van der Waals surface area contributed by atoms with E-state index in [0.717, 1.165) is 70.3 Å². The van der Waals surface area contributed by atoms with Crippen molar-refractivity contribution in [1.82, 2.24) is 19.8 Å². The first-order valence-corrected chi connectivity index (χ1v) is 10.5. The average Bonchev–Trinajstić information content (AvgIpc) is 3.19. The highest BCUT2D eigenvalue weighted by Crippen LogP contribution is 2.45. The van der Waals surface area contributed by atoms with E-state index in [4.69, 9.17) is 0 Å². The summed E-state index contributed by atoms with van der Waals surface area (Å²) in [5.41, 5.74) is 1.90. The highest BCUT2D eigenvalue weighted by molar-refractivity contribution is 5.82. The van der Waals surface area contributed by atoms with E-state index in [0.29, 0.717) is 18.2 Å². The second-order valence-electron chi connectivity index (χ2n) is 8.63. The van der Waals surface area contributed by atoms with Crippen LogP contribution in [0.25, 0.3) is 0 Å². The molecule has 3 heterocycles. The van der Waals surface area contributed by atoms with E-state index >= 15 is 0 Å². The van der Waals surface area contributed by atoms with Crippen LogP contribution in [0.4, 0.5) is 0 Å². The number of piperidine rings is 1. The Kier molecular flexibility index (Phi) is 4.10. The highest BCUT2D eigenvalue weighted by Gasteiger charge is 2.51. The van der Waals surface area contributed by atoms with Crippen molar-refractivity contribution < 1.29 is 9.59 Å². The third-order valence-corrected chi connectivity index (χ3v) is 6.95. The number of aromatic nitrogens is 2. The van der Waals surface area contributed by atoms with Crippen molar-refractivity contribution >= 4 is 11.8 Å². The molecule has 2 amide bonds. The van der Waals surface area contributed by atoms with Crippen LogP contribution in [0.3, 0.4) is 0 Å². The summed E-state index contributed by atoms with van der Waals surface area (Å²) < 4.78 is 0. The molecule has 1 atom stereocenters. The first-order valence-electron chi connectivity index (χ1n) is 10.5. The second-order valence-corrected chi connectivity index (χ2v) is 8.63. The van der Waals surface area contributed by atoms with Crippen molar-refractivity contribution in [2.45, 2.75) is 56.9 Å². The van der Waals surface area contributed by atoms with Gasteiger partial charge in [-0.25, -0.2) is 4.98 Å². The molecule has 0 bridgehead atoms. The molecule has 144 valence electrons. The molecule has 1 aromatic heterocycles. The molecule has 27 heavy (non-hydrogen) atoms. The lowest BCUT2D eigenvalue weighted by Crippen LogP contribution is -2.59. The number of rotatable bonds is 3. The van der Waals surface area contributed by atoms with Crippen LogP contribution in [-0.4, -0.2) is 51.2 Å². The largest absolute Gasteiger partial charge is 0.348 e. The highest BCUT2D eigenvalue weighted by atomic mass is 16.2. The van der Waals surface area contributed by atoms with Gasteiger partial charge in [0.25, 0.3) is 0 Å². The zero-order valence-electron chi connectivity index (χ0n) is 15.8. The summed E-state index contributed by atoms with van der Waals surface area (Å²) in [6.07, 6.45) is 13.5. The van der Waals surface area contributed by atoms with Gasteiger partial charge in [0, 0.05) is 44.1 Å². The van der Waals surface area contributed by atoms with E-state index in [1.807, 2.05) is 4.90 Å². The van der Waals surface area contributed by atoms with Crippen molar-refractivity contribution in [3.63, 3.8) is 0 Å². The number of carbonyl (C=O) groups is 2. The first-order chi connectivity index (χ1) is 13.2. The summed E-state index contributed by atoms with van der Waals surface area (Å²) in [7, 11) is 0. The number of imidazole rings is 1. The van der Waals surface area contributed by atoms with Gasteiger partial charge in [0.05, 0.1) is 17.6 Å². The number of amides is 2. The van der Waals surface area contributed by atoms with E-state index in [1.54, 1.807) is 6.33 Å². The van der Waals surface area contributed by atoms with Gasteiger partial charge in [0.2, 0.25) is 11.8 Å². The van der Waals surface area contributed by atoms with Gasteiger partial charge in [-0.2, -0.15) is 0 Å². The standard InChI is InChI=1S/C21H28N4O2/c26-18(13-15-3-1-2-4-15)24-11-8-21(9-12-24)19-17(22-14-23-19)7-10-25(21)20(27)16-5-6-16/h1,3,14-16H,2,4-13H2,(H,22,23). The predicted octanol–water partition coefficient (Wildman–Crippen LogP) is 2.38. The third kappa shape index (κ3) is 2.89. The van der Waals surface area contributed by atoms with Crippen LogP contribution in [0.1, 0.15) is 56.3 Å². The fraction of sp³-hybridized carbons (Fsp3) is 0.667. The van der Waals surface area contributed by atoms with E-state index < -0.39 is 0 Å². The molecule has 5 rings (SSSR count).